The van der Waals surface area contributed by atoms with E-state index in [4.69, 9.17) is 15.2 Å². The summed E-state index contributed by atoms with van der Waals surface area (Å²) in [5.74, 6) is 0.851. The van der Waals surface area contributed by atoms with Gasteiger partial charge in [0.2, 0.25) is 0 Å². The molecule has 6 heteroatoms. The van der Waals surface area contributed by atoms with Crippen LogP contribution in [0.2, 0.25) is 0 Å². The number of nitrogen functional groups attached to an aromatic ring is 1. The molecule has 0 atom stereocenters. The SMILES string of the molecule is CCc1c(C)[nH]c(=O)c(N)c1C(=O)c1ccc2c(c1)OCCO2. The van der Waals surface area contributed by atoms with Gasteiger partial charge in [0, 0.05) is 11.3 Å². The van der Waals surface area contributed by atoms with Gasteiger partial charge >= 0.3 is 0 Å². The molecule has 1 aromatic heterocycles. The molecule has 23 heavy (non-hydrogen) atoms. The summed E-state index contributed by atoms with van der Waals surface area (Å²) >= 11 is 0. The fourth-order valence-electron chi connectivity index (χ4n) is 2.81. The number of fused-ring (bicyclic) bond motifs is 1. The number of anilines is 1. The minimum absolute atomic E-state index is 0.0488. The molecule has 3 rings (SSSR count). The highest BCUT2D eigenvalue weighted by Gasteiger charge is 2.22. The van der Waals surface area contributed by atoms with Crippen molar-refractivity contribution in [3.8, 4) is 11.5 Å². The monoisotopic (exact) mass is 314 g/mol. The molecule has 1 aliphatic heterocycles. The number of H-pyrrole nitrogens is 1. The predicted molar refractivity (Wildman–Crippen MR) is 86.5 cm³/mol. The van der Waals surface area contributed by atoms with Crippen LogP contribution in [0.3, 0.4) is 0 Å². The van der Waals surface area contributed by atoms with E-state index in [1.807, 2.05) is 6.92 Å². The molecule has 1 aliphatic rings. The Hall–Kier alpha value is -2.76. The van der Waals surface area contributed by atoms with Crippen molar-refractivity contribution in [2.24, 2.45) is 0 Å². The Morgan fingerprint density at radius 1 is 1.26 bits per heavy atom. The van der Waals surface area contributed by atoms with Crippen molar-refractivity contribution in [2.75, 3.05) is 18.9 Å². The lowest BCUT2D eigenvalue weighted by atomic mass is 9.95. The van der Waals surface area contributed by atoms with Crippen LogP contribution in [0.5, 0.6) is 11.5 Å². The number of ether oxygens (including phenoxy) is 2. The van der Waals surface area contributed by atoms with Gasteiger partial charge in [0.15, 0.2) is 17.3 Å². The molecule has 2 aromatic rings. The van der Waals surface area contributed by atoms with Crippen molar-refractivity contribution in [1.29, 1.82) is 0 Å². The number of aryl methyl sites for hydroxylation is 1. The standard InChI is InChI=1S/C17H18N2O4/c1-3-11-9(2)19-17(21)15(18)14(11)16(20)10-4-5-12-13(8-10)23-7-6-22-12/h4-5,8H,3,6-7,18H2,1-2H3,(H,19,21). The highest BCUT2D eigenvalue weighted by atomic mass is 16.6. The van der Waals surface area contributed by atoms with E-state index < -0.39 is 5.56 Å². The first-order valence-corrected chi connectivity index (χ1v) is 7.48. The van der Waals surface area contributed by atoms with E-state index in [0.717, 1.165) is 5.56 Å². The van der Waals surface area contributed by atoms with Gasteiger partial charge in [-0.15, -0.1) is 0 Å². The van der Waals surface area contributed by atoms with Crippen molar-refractivity contribution in [2.45, 2.75) is 20.3 Å². The van der Waals surface area contributed by atoms with Crippen LogP contribution in [0, 0.1) is 6.92 Å². The summed E-state index contributed by atoms with van der Waals surface area (Å²) in [5.41, 5.74) is 7.49. The number of nitrogens with two attached hydrogens (primary N) is 1. The number of pyridine rings is 1. The zero-order valence-electron chi connectivity index (χ0n) is 13.1. The number of aromatic amines is 1. The Morgan fingerprint density at radius 3 is 2.65 bits per heavy atom. The van der Waals surface area contributed by atoms with Crippen LogP contribution in [0.25, 0.3) is 0 Å². The molecule has 0 spiro atoms. The van der Waals surface area contributed by atoms with Crippen LogP contribution in [-0.4, -0.2) is 24.0 Å². The third-order valence-corrected chi connectivity index (χ3v) is 3.95. The van der Waals surface area contributed by atoms with E-state index in [-0.39, 0.29) is 17.0 Å². The van der Waals surface area contributed by atoms with Gasteiger partial charge in [0.25, 0.3) is 5.56 Å². The maximum absolute atomic E-state index is 12.9. The number of carbonyl (C=O) groups is 1. The number of rotatable bonds is 3. The fraction of sp³-hybridized carbons (Fsp3) is 0.294. The van der Waals surface area contributed by atoms with E-state index >= 15 is 0 Å². The molecule has 0 bridgehead atoms. The first-order chi connectivity index (χ1) is 11.0. The maximum Gasteiger partial charge on any atom is 0.272 e. The lowest BCUT2D eigenvalue weighted by Gasteiger charge is -2.19. The highest BCUT2D eigenvalue weighted by molar-refractivity contribution is 6.13. The van der Waals surface area contributed by atoms with Crippen molar-refractivity contribution >= 4 is 11.5 Å². The van der Waals surface area contributed by atoms with Crippen molar-refractivity contribution < 1.29 is 14.3 Å². The molecular formula is C17H18N2O4. The lowest BCUT2D eigenvalue weighted by molar-refractivity contribution is 0.103. The molecule has 2 heterocycles. The number of benzene rings is 1. The second kappa shape index (κ2) is 5.79. The van der Waals surface area contributed by atoms with E-state index in [1.165, 1.54) is 0 Å². The van der Waals surface area contributed by atoms with Gasteiger partial charge in [-0.1, -0.05) is 6.92 Å². The Balaban J connectivity index is 2.12. The smallest absolute Gasteiger partial charge is 0.272 e. The summed E-state index contributed by atoms with van der Waals surface area (Å²) in [6, 6.07) is 4.99. The number of hydrogen-bond donors (Lipinski definition) is 2. The van der Waals surface area contributed by atoms with Crippen molar-refractivity contribution in [3.05, 3.63) is 50.9 Å². The van der Waals surface area contributed by atoms with Gasteiger partial charge < -0.3 is 20.2 Å². The van der Waals surface area contributed by atoms with Crippen LogP contribution in [0.4, 0.5) is 5.69 Å². The molecule has 0 amide bonds. The zero-order chi connectivity index (χ0) is 16.6. The van der Waals surface area contributed by atoms with Crippen LogP contribution in [-0.2, 0) is 6.42 Å². The number of carbonyl (C=O) groups excluding carboxylic acids is 1. The van der Waals surface area contributed by atoms with Gasteiger partial charge in [-0.2, -0.15) is 0 Å². The topological polar surface area (TPSA) is 94.4 Å². The third-order valence-electron chi connectivity index (χ3n) is 3.95. The number of aromatic nitrogens is 1. The molecule has 0 radical (unpaired) electrons. The highest BCUT2D eigenvalue weighted by Crippen LogP contribution is 2.32. The average molecular weight is 314 g/mol. The van der Waals surface area contributed by atoms with Gasteiger partial charge in [0.05, 0.1) is 5.56 Å². The predicted octanol–water partition coefficient (Wildman–Crippen LogP) is 1.83. The molecule has 0 fully saturated rings. The van der Waals surface area contributed by atoms with E-state index in [2.05, 4.69) is 4.98 Å². The van der Waals surface area contributed by atoms with Gasteiger partial charge in [-0.3, -0.25) is 9.59 Å². The average Bonchev–Trinajstić information content (AvgIpc) is 2.56. The molecule has 3 N–H and O–H groups in total. The molecule has 120 valence electrons. The number of nitrogens with one attached hydrogen (secondary N) is 1. The second-order valence-electron chi connectivity index (χ2n) is 5.39. The van der Waals surface area contributed by atoms with Crippen LogP contribution >= 0.6 is 0 Å². The van der Waals surface area contributed by atoms with Crippen molar-refractivity contribution in [1.82, 2.24) is 4.98 Å². The summed E-state index contributed by atoms with van der Waals surface area (Å²) in [5, 5.41) is 0. The van der Waals surface area contributed by atoms with Crippen LogP contribution < -0.4 is 20.8 Å². The van der Waals surface area contributed by atoms with Gasteiger partial charge in [0.1, 0.15) is 18.9 Å². The molecular weight excluding hydrogens is 296 g/mol. The van der Waals surface area contributed by atoms with E-state index in [9.17, 15) is 9.59 Å². The van der Waals surface area contributed by atoms with Gasteiger partial charge in [-0.25, -0.2) is 0 Å². The maximum atomic E-state index is 12.9. The summed E-state index contributed by atoms with van der Waals surface area (Å²) < 4.78 is 11.0. The summed E-state index contributed by atoms with van der Waals surface area (Å²) in [6.07, 6.45) is 0.596. The van der Waals surface area contributed by atoms with E-state index in [1.54, 1.807) is 25.1 Å². The first-order valence-electron chi connectivity index (χ1n) is 7.48. The molecule has 6 nitrogen and oxygen atoms in total. The molecule has 0 unspecified atom stereocenters. The summed E-state index contributed by atoms with van der Waals surface area (Å²) in [6.45, 7) is 4.61. The van der Waals surface area contributed by atoms with Crippen LogP contribution in [0.15, 0.2) is 23.0 Å². The third kappa shape index (κ3) is 2.56. The summed E-state index contributed by atoms with van der Waals surface area (Å²) in [4.78, 5) is 27.5. The fourth-order valence-corrected chi connectivity index (χ4v) is 2.81. The Morgan fingerprint density at radius 2 is 1.96 bits per heavy atom. The molecule has 1 aromatic carbocycles. The minimum Gasteiger partial charge on any atom is -0.486 e. The Bertz CT molecular complexity index is 839. The van der Waals surface area contributed by atoms with Crippen LogP contribution in [0.1, 0.15) is 34.1 Å². The van der Waals surface area contributed by atoms with Gasteiger partial charge in [-0.05, 0) is 37.1 Å². The minimum atomic E-state index is -0.444. The molecule has 0 saturated heterocycles. The largest absolute Gasteiger partial charge is 0.486 e. The number of hydrogen-bond acceptors (Lipinski definition) is 5. The zero-order valence-corrected chi connectivity index (χ0v) is 13.1. The number of ketones is 1. The van der Waals surface area contributed by atoms with E-state index in [0.29, 0.717) is 42.4 Å². The Labute approximate surface area is 133 Å². The molecule has 0 aliphatic carbocycles. The Kier molecular flexibility index (Phi) is 3.82. The normalized spacial score (nSPS) is 13.0. The second-order valence-corrected chi connectivity index (χ2v) is 5.39. The lowest BCUT2D eigenvalue weighted by Crippen LogP contribution is -2.22. The van der Waals surface area contributed by atoms with Crippen molar-refractivity contribution in [3.63, 3.8) is 0 Å². The molecule has 0 saturated carbocycles. The summed E-state index contributed by atoms with van der Waals surface area (Å²) in [7, 11) is 0. The quantitative estimate of drug-likeness (QED) is 0.843. The first kappa shape index (κ1) is 15.1.